The Hall–Kier alpha value is -2.32. The van der Waals surface area contributed by atoms with Crippen LogP contribution in [-0.2, 0) is 10.0 Å². The Morgan fingerprint density at radius 2 is 1.85 bits per heavy atom. The SMILES string of the molecule is Cc1cccc(NS(=O)(=O)c2ccc(C(=O)NC3=NCCS3)cc2)c1C. The highest BCUT2D eigenvalue weighted by Crippen LogP contribution is 2.22. The maximum Gasteiger partial charge on any atom is 0.261 e. The molecule has 1 aliphatic rings. The van der Waals surface area contributed by atoms with Gasteiger partial charge in [0.05, 0.1) is 17.1 Å². The number of aryl methyl sites for hydroxylation is 1. The van der Waals surface area contributed by atoms with Gasteiger partial charge in [-0.2, -0.15) is 0 Å². The molecule has 0 fully saturated rings. The summed E-state index contributed by atoms with van der Waals surface area (Å²) in [6, 6.07) is 11.3. The third kappa shape index (κ3) is 4.08. The van der Waals surface area contributed by atoms with Crippen molar-refractivity contribution in [2.24, 2.45) is 4.99 Å². The van der Waals surface area contributed by atoms with E-state index in [0.717, 1.165) is 16.9 Å². The van der Waals surface area contributed by atoms with Crippen molar-refractivity contribution in [3.05, 3.63) is 59.2 Å². The molecule has 1 aliphatic heterocycles. The number of hydrogen-bond donors (Lipinski definition) is 2. The Morgan fingerprint density at radius 3 is 2.50 bits per heavy atom. The summed E-state index contributed by atoms with van der Waals surface area (Å²) in [5.74, 6) is 0.557. The Kier molecular flexibility index (Phi) is 5.33. The summed E-state index contributed by atoms with van der Waals surface area (Å²) in [6.07, 6.45) is 0. The fourth-order valence-electron chi connectivity index (χ4n) is 2.43. The van der Waals surface area contributed by atoms with Crippen molar-refractivity contribution < 1.29 is 13.2 Å². The molecule has 136 valence electrons. The fraction of sp³-hybridized carbons (Fsp3) is 0.222. The molecule has 26 heavy (non-hydrogen) atoms. The lowest BCUT2D eigenvalue weighted by Gasteiger charge is -2.12. The molecular weight excluding hydrogens is 370 g/mol. The summed E-state index contributed by atoms with van der Waals surface area (Å²) in [5.41, 5.74) is 2.81. The number of anilines is 1. The normalized spacial score (nSPS) is 14.0. The number of carbonyl (C=O) groups excluding carboxylic acids is 1. The number of hydrogen-bond acceptors (Lipinski definition) is 5. The van der Waals surface area contributed by atoms with Crippen LogP contribution in [0.5, 0.6) is 0 Å². The van der Waals surface area contributed by atoms with E-state index in [-0.39, 0.29) is 10.8 Å². The van der Waals surface area contributed by atoms with Gasteiger partial charge in [-0.1, -0.05) is 23.9 Å². The third-order valence-electron chi connectivity index (χ3n) is 4.08. The Bertz CT molecular complexity index is 968. The summed E-state index contributed by atoms with van der Waals surface area (Å²) >= 11 is 1.49. The molecular formula is C18H19N3O3S2. The summed E-state index contributed by atoms with van der Waals surface area (Å²) < 4.78 is 27.8. The molecule has 0 bridgehead atoms. The number of nitrogens with one attached hydrogen (secondary N) is 2. The van der Waals surface area contributed by atoms with E-state index in [4.69, 9.17) is 0 Å². The van der Waals surface area contributed by atoms with Gasteiger partial charge in [0, 0.05) is 11.3 Å². The lowest BCUT2D eigenvalue weighted by molar-refractivity contribution is 0.0978. The second-order valence-corrected chi connectivity index (χ2v) is 8.63. The quantitative estimate of drug-likeness (QED) is 0.842. The first-order valence-corrected chi connectivity index (χ1v) is 10.5. The average Bonchev–Trinajstić information content (AvgIpc) is 3.12. The second kappa shape index (κ2) is 7.51. The van der Waals surface area contributed by atoms with Gasteiger partial charge in [0.15, 0.2) is 5.17 Å². The van der Waals surface area contributed by atoms with E-state index in [0.29, 0.717) is 23.0 Å². The zero-order chi connectivity index (χ0) is 18.7. The molecule has 0 saturated carbocycles. The van der Waals surface area contributed by atoms with Gasteiger partial charge in [0.1, 0.15) is 0 Å². The van der Waals surface area contributed by atoms with Crippen LogP contribution in [0, 0.1) is 13.8 Å². The van der Waals surface area contributed by atoms with Gasteiger partial charge in [0.2, 0.25) is 0 Å². The number of sulfonamides is 1. The number of aliphatic imine (C=N–C) groups is 1. The van der Waals surface area contributed by atoms with E-state index < -0.39 is 10.0 Å². The van der Waals surface area contributed by atoms with Gasteiger partial charge in [-0.15, -0.1) is 0 Å². The number of benzene rings is 2. The molecule has 0 aromatic heterocycles. The van der Waals surface area contributed by atoms with Crippen LogP contribution in [0.1, 0.15) is 21.5 Å². The first-order valence-electron chi connectivity index (χ1n) is 8.04. The maximum atomic E-state index is 12.6. The van der Waals surface area contributed by atoms with Gasteiger partial charge in [-0.05, 0) is 55.3 Å². The minimum absolute atomic E-state index is 0.0996. The molecule has 8 heteroatoms. The van der Waals surface area contributed by atoms with Gasteiger partial charge in [0.25, 0.3) is 15.9 Å². The predicted octanol–water partition coefficient (Wildman–Crippen LogP) is 2.94. The number of rotatable bonds is 4. The lowest BCUT2D eigenvalue weighted by atomic mass is 10.1. The Balaban J connectivity index is 1.76. The van der Waals surface area contributed by atoms with Gasteiger partial charge in [-0.3, -0.25) is 14.5 Å². The first kappa shape index (κ1) is 18.5. The van der Waals surface area contributed by atoms with Crippen molar-refractivity contribution in [2.75, 3.05) is 17.0 Å². The number of amidine groups is 1. The Morgan fingerprint density at radius 1 is 1.12 bits per heavy atom. The molecule has 2 aromatic carbocycles. The van der Waals surface area contributed by atoms with Crippen molar-refractivity contribution in [1.29, 1.82) is 0 Å². The molecule has 2 aromatic rings. The topological polar surface area (TPSA) is 87.6 Å². The predicted molar refractivity (Wildman–Crippen MR) is 105 cm³/mol. The molecule has 0 saturated heterocycles. The van der Waals surface area contributed by atoms with Gasteiger partial charge in [-0.25, -0.2) is 8.42 Å². The van der Waals surface area contributed by atoms with Crippen LogP contribution in [0.2, 0.25) is 0 Å². The van der Waals surface area contributed by atoms with Crippen molar-refractivity contribution in [3.63, 3.8) is 0 Å². The second-order valence-electron chi connectivity index (χ2n) is 5.87. The molecule has 0 spiro atoms. The molecule has 1 amide bonds. The highest BCUT2D eigenvalue weighted by molar-refractivity contribution is 8.14. The van der Waals surface area contributed by atoms with Crippen molar-refractivity contribution >= 4 is 38.5 Å². The van der Waals surface area contributed by atoms with Crippen LogP contribution in [-0.4, -0.2) is 31.8 Å². The third-order valence-corrected chi connectivity index (χ3v) is 6.35. The summed E-state index contributed by atoms with van der Waals surface area (Å²) in [4.78, 5) is 16.4. The lowest BCUT2D eigenvalue weighted by Crippen LogP contribution is -2.27. The van der Waals surface area contributed by atoms with E-state index in [1.165, 1.54) is 36.0 Å². The molecule has 3 rings (SSSR count). The maximum absolute atomic E-state index is 12.6. The molecule has 6 nitrogen and oxygen atoms in total. The smallest absolute Gasteiger partial charge is 0.261 e. The number of nitrogens with zero attached hydrogens (tertiary/aromatic N) is 1. The summed E-state index contributed by atoms with van der Waals surface area (Å²) in [6.45, 7) is 4.49. The van der Waals surface area contributed by atoms with Crippen LogP contribution in [0.15, 0.2) is 52.4 Å². The van der Waals surface area contributed by atoms with Crippen LogP contribution in [0.25, 0.3) is 0 Å². The fourth-order valence-corrected chi connectivity index (χ4v) is 4.28. The van der Waals surface area contributed by atoms with Crippen LogP contribution < -0.4 is 10.0 Å². The average molecular weight is 390 g/mol. The molecule has 2 N–H and O–H groups in total. The van der Waals surface area contributed by atoms with E-state index in [1.54, 1.807) is 12.1 Å². The monoisotopic (exact) mass is 389 g/mol. The standard InChI is InChI=1S/C18H19N3O3S2/c1-12-4-3-5-16(13(12)2)21-26(23,24)15-8-6-14(7-9-15)17(22)20-18-19-10-11-25-18/h3-9,21H,10-11H2,1-2H3,(H,19,20,22). The van der Waals surface area contributed by atoms with E-state index in [1.807, 2.05) is 19.9 Å². The minimum Gasteiger partial charge on any atom is -0.301 e. The van der Waals surface area contributed by atoms with Crippen LogP contribution in [0.3, 0.4) is 0 Å². The largest absolute Gasteiger partial charge is 0.301 e. The number of amides is 1. The first-order chi connectivity index (χ1) is 12.4. The van der Waals surface area contributed by atoms with Crippen molar-refractivity contribution in [2.45, 2.75) is 18.7 Å². The summed E-state index contributed by atoms with van der Waals surface area (Å²) in [5, 5.41) is 3.32. The molecule has 0 atom stereocenters. The molecule has 0 radical (unpaired) electrons. The molecule has 0 aliphatic carbocycles. The Labute approximate surface area is 157 Å². The summed E-state index contributed by atoms with van der Waals surface area (Å²) in [7, 11) is -3.73. The molecule has 1 heterocycles. The van der Waals surface area contributed by atoms with Crippen molar-refractivity contribution in [3.8, 4) is 0 Å². The van der Waals surface area contributed by atoms with E-state index >= 15 is 0 Å². The minimum atomic E-state index is -3.73. The van der Waals surface area contributed by atoms with Crippen molar-refractivity contribution in [1.82, 2.24) is 5.32 Å². The highest BCUT2D eigenvalue weighted by Gasteiger charge is 2.17. The van der Waals surface area contributed by atoms with Gasteiger partial charge >= 0.3 is 0 Å². The van der Waals surface area contributed by atoms with Gasteiger partial charge < -0.3 is 5.32 Å². The van der Waals surface area contributed by atoms with Crippen LogP contribution in [0.4, 0.5) is 5.69 Å². The zero-order valence-electron chi connectivity index (χ0n) is 14.4. The molecule has 0 unspecified atom stereocenters. The van der Waals surface area contributed by atoms with E-state index in [9.17, 15) is 13.2 Å². The highest BCUT2D eigenvalue weighted by atomic mass is 32.2. The zero-order valence-corrected chi connectivity index (χ0v) is 16.1. The van der Waals surface area contributed by atoms with E-state index in [2.05, 4.69) is 15.0 Å². The number of thioether (sulfide) groups is 1. The number of carbonyl (C=O) groups is 1. The van der Waals surface area contributed by atoms with Crippen LogP contribution >= 0.6 is 11.8 Å².